The van der Waals surface area contributed by atoms with Crippen molar-refractivity contribution in [3.8, 4) is 0 Å². The number of rotatable bonds is 0. The van der Waals surface area contributed by atoms with Gasteiger partial charge in [0.05, 0.1) is 0 Å². The third kappa shape index (κ3) is 60.0. The second-order valence-corrected chi connectivity index (χ2v) is 1.34. The maximum atomic E-state index is 8.74. The quantitative estimate of drug-likeness (QED) is 0.379. The van der Waals surface area contributed by atoms with Crippen molar-refractivity contribution in [2.45, 2.75) is 0 Å². The van der Waals surface area contributed by atoms with E-state index in [4.69, 9.17) is 17.5 Å². The molecule has 7 heavy (non-hydrogen) atoms. The normalized spacial score (nSPS) is 8.29. The monoisotopic (exact) mass is 183 g/mol. The van der Waals surface area contributed by atoms with Gasteiger partial charge in [0.15, 0.2) is 0 Å². The zero-order valence-corrected chi connectivity index (χ0v) is 8.77. The van der Waals surface area contributed by atoms with Crippen LogP contribution in [0.25, 0.3) is 0 Å². The summed E-state index contributed by atoms with van der Waals surface area (Å²) >= 11 is 0. The van der Waals surface area contributed by atoms with Crippen LogP contribution in [0.3, 0.4) is 0 Å². The van der Waals surface area contributed by atoms with E-state index in [0.29, 0.717) is 0 Å². The van der Waals surface area contributed by atoms with Crippen LogP contribution >= 0.6 is 0 Å². The molecule has 0 saturated carbocycles. The van der Waals surface area contributed by atoms with Crippen LogP contribution in [0.2, 0.25) is 0 Å². The Bertz CT molecular complexity index is 105. The van der Waals surface area contributed by atoms with Crippen LogP contribution in [0, 0.1) is 0 Å². The minimum Gasteiger partial charge on any atom is -1.00 e. The van der Waals surface area contributed by atoms with Gasteiger partial charge < -0.3 is 5.71 Å². The van der Waals surface area contributed by atoms with Crippen LogP contribution in [0.4, 0.5) is 0 Å². The van der Waals surface area contributed by atoms with Gasteiger partial charge in [-0.25, -0.2) is 0 Å². The van der Waals surface area contributed by atoms with E-state index in [1.54, 1.807) is 0 Å². The van der Waals surface area contributed by atoms with E-state index >= 15 is 0 Å². The van der Waals surface area contributed by atoms with Gasteiger partial charge in [-0.1, -0.05) is 0 Å². The molecule has 0 bridgehead atoms. The number of hydrogen-bond donors (Lipinski definition) is 2. The molecule has 0 aliphatic rings. The molecular formula is H7Ca2O4S+. The van der Waals surface area contributed by atoms with E-state index in [-0.39, 0.29) is 82.6 Å². The van der Waals surface area contributed by atoms with E-state index in [9.17, 15) is 0 Å². The Morgan fingerprint density at radius 2 is 1.29 bits per heavy atom. The molecule has 0 saturated heterocycles. The molecule has 0 unspecified atom stereocenters. The maximum absolute atomic E-state index is 8.74. The molecule has 7 heteroatoms. The van der Waals surface area contributed by atoms with Crippen LogP contribution in [0.15, 0.2) is 0 Å². The van der Waals surface area contributed by atoms with Crippen LogP contribution in [-0.2, 0) is 10.4 Å². The third-order valence-electron chi connectivity index (χ3n) is 0. The van der Waals surface area contributed by atoms with Gasteiger partial charge in [0.25, 0.3) is 0 Å². The van der Waals surface area contributed by atoms with Gasteiger partial charge in [0, 0.05) is 0 Å². The molecule has 0 radical (unpaired) electrons. The molecular weight excluding hydrogens is 176 g/mol. The SMILES string of the molecule is O=S(=O)(O)O.[Ca+2].[Ca+2].[H+].[H-].[H-].[H-].[H-]. The summed E-state index contributed by atoms with van der Waals surface area (Å²) in [6.07, 6.45) is 0. The Balaban J connectivity index is -0.00000000381. The van der Waals surface area contributed by atoms with Crippen LogP contribution in [0.5, 0.6) is 0 Å². The van der Waals surface area contributed by atoms with Gasteiger partial charge in [0.2, 0.25) is 0 Å². The van der Waals surface area contributed by atoms with Crippen molar-refractivity contribution in [2.24, 2.45) is 0 Å². The van der Waals surface area contributed by atoms with Crippen molar-refractivity contribution >= 4 is 85.9 Å². The minimum absolute atomic E-state index is 0. The summed E-state index contributed by atoms with van der Waals surface area (Å²) < 4.78 is 31.6. The first-order chi connectivity index (χ1) is 2.00. The molecule has 0 atom stereocenters. The van der Waals surface area contributed by atoms with E-state index in [2.05, 4.69) is 0 Å². The molecule has 0 aliphatic heterocycles. The van der Waals surface area contributed by atoms with Crippen molar-refractivity contribution < 1.29 is 24.7 Å². The number of hydrogen-bond acceptors (Lipinski definition) is 2. The molecule has 2 N–H and O–H groups in total. The summed E-state index contributed by atoms with van der Waals surface area (Å²) in [5, 5.41) is 0. The van der Waals surface area contributed by atoms with Gasteiger partial charge in [-0.15, -0.1) is 0 Å². The second kappa shape index (κ2) is 6.51. The van der Waals surface area contributed by atoms with Crippen LogP contribution in [0.1, 0.15) is 7.13 Å². The summed E-state index contributed by atoms with van der Waals surface area (Å²) in [6.45, 7) is 0. The van der Waals surface area contributed by atoms with Crippen LogP contribution in [-0.4, -0.2) is 93.0 Å². The Labute approximate surface area is 109 Å². The first-order valence-corrected chi connectivity index (χ1v) is 2.10. The standard InChI is InChI=1S/2Ca.H2O4S.4H/c;;1-5(2,3)4;;;;/h;;(H2,1,2,3,4);;;;/q2*+2;;4*-1/p+1. The fourth-order valence-corrected chi connectivity index (χ4v) is 0. The molecule has 0 aromatic heterocycles. The van der Waals surface area contributed by atoms with Gasteiger partial charge in [-0.05, 0) is 0 Å². The van der Waals surface area contributed by atoms with Gasteiger partial charge >= 0.3 is 87.3 Å². The van der Waals surface area contributed by atoms with Crippen molar-refractivity contribution in [2.75, 3.05) is 0 Å². The van der Waals surface area contributed by atoms with E-state index < -0.39 is 10.4 Å². The summed E-state index contributed by atoms with van der Waals surface area (Å²) in [5.74, 6) is 0. The molecule has 4 nitrogen and oxygen atoms in total. The second-order valence-electron chi connectivity index (χ2n) is 0.448. The topological polar surface area (TPSA) is 74.6 Å². The molecule has 0 aromatic rings. The predicted molar refractivity (Wildman–Crippen MR) is 31.2 cm³/mol. The minimum atomic E-state index is -4.67. The fourth-order valence-electron chi connectivity index (χ4n) is 0. The average molecular weight is 183 g/mol. The molecule has 0 rings (SSSR count). The fraction of sp³-hybridized carbons (Fsp3) is 0. The van der Waals surface area contributed by atoms with E-state index in [1.165, 1.54) is 0 Å². The van der Waals surface area contributed by atoms with Crippen molar-refractivity contribution in [1.29, 1.82) is 0 Å². The predicted octanol–water partition coefficient (Wildman–Crippen LogP) is -0.852. The van der Waals surface area contributed by atoms with Crippen LogP contribution < -0.4 is 0 Å². The van der Waals surface area contributed by atoms with Crippen molar-refractivity contribution in [1.82, 2.24) is 0 Å². The third-order valence-corrected chi connectivity index (χ3v) is 0. The summed E-state index contributed by atoms with van der Waals surface area (Å²) in [5.41, 5.74) is 0. The molecule has 0 fully saturated rings. The smallest absolute Gasteiger partial charge is 1.00 e. The summed E-state index contributed by atoms with van der Waals surface area (Å²) in [7, 11) is -4.67. The molecule has 0 amide bonds. The molecule has 40 valence electrons. The van der Waals surface area contributed by atoms with Crippen molar-refractivity contribution in [3.63, 3.8) is 0 Å². The maximum Gasteiger partial charge on any atom is 2.00 e. The van der Waals surface area contributed by atoms with Crippen molar-refractivity contribution in [3.05, 3.63) is 0 Å². The first kappa shape index (κ1) is 16.2. The molecule has 0 aromatic carbocycles. The Kier molecular flexibility index (Phi) is 15.1. The molecule has 0 spiro atoms. The molecule has 0 aliphatic carbocycles. The summed E-state index contributed by atoms with van der Waals surface area (Å²) in [4.78, 5) is 0. The Morgan fingerprint density at radius 1 is 1.29 bits per heavy atom. The zero-order chi connectivity index (χ0) is 4.50. The van der Waals surface area contributed by atoms with Gasteiger partial charge in [-0.3, -0.25) is 9.11 Å². The zero-order valence-electron chi connectivity index (χ0n) is 8.53. The van der Waals surface area contributed by atoms with Gasteiger partial charge in [0.1, 0.15) is 0 Å². The molecule has 0 heterocycles. The van der Waals surface area contributed by atoms with Gasteiger partial charge in [-0.2, -0.15) is 8.42 Å². The largest absolute Gasteiger partial charge is 2.00 e. The van der Waals surface area contributed by atoms with E-state index in [0.717, 1.165) is 0 Å². The average Bonchev–Trinajstić information content (AvgIpc) is 0.722. The Morgan fingerprint density at radius 3 is 1.29 bits per heavy atom. The Hall–Kier alpha value is 2.39. The van der Waals surface area contributed by atoms with E-state index in [1.807, 2.05) is 0 Å². The summed E-state index contributed by atoms with van der Waals surface area (Å²) in [6, 6.07) is 0. The first-order valence-electron chi connectivity index (χ1n) is 0.698.